The Bertz CT molecular complexity index is 788. The molecule has 2 aliphatic heterocycles. The molecule has 1 fully saturated rings. The summed E-state index contributed by atoms with van der Waals surface area (Å²) in [5.74, 6) is 1.19. The van der Waals surface area contributed by atoms with E-state index in [0.717, 1.165) is 6.42 Å². The van der Waals surface area contributed by atoms with Gasteiger partial charge in [0.05, 0.1) is 0 Å². The number of nitrogens with one attached hydrogen (secondary N) is 1. The molecule has 2 aromatic rings. The number of benzene rings is 1. The molecule has 2 amide bonds. The molecule has 1 aromatic heterocycles. The molecule has 0 aliphatic carbocycles. The topological polar surface area (TPSA) is 74.9 Å². The molecule has 2 aliphatic rings. The zero-order chi connectivity index (χ0) is 17.2. The lowest BCUT2D eigenvalue weighted by molar-refractivity contribution is 0.0716. The first-order valence-electron chi connectivity index (χ1n) is 8.34. The SMILES string of the molecule is O=C(c1ccc2c(c1)OCO2)N1CCCN(C(=O)c2ccc[nH]2)CC1. The molecule has 3 heterocycles. The number of nitrogens with zero attached hydrogens (tertiary/aromatic N) is 2. The summed E-state index contributed by atoms with van der Waals surface area (Å²) in [7, 11) is 0. The third-order valence-electron chi connectivity index (χ3n) is 4.52. The van der Waals surface area contributed by atoms with E-state index in [4.69, 9.17) is 9.47 Å². The van der Waals surface area contributed by atoms with E-state index in [1.807, 2.05) is 0 Å². The summed E-state index contributed by atoms with van der Waals surface area (Å²) in [5.41, 5.74) is 1.16. The van der Waals surface area contributed by atoms with Gasteiger partial charge in [-0.25, -0.2) is 0 Å². The van der Waals surface area contributed by atoms with Gasteiger partial charge in [-0.2, -0.15) is 0 Å². The van der Waals surface area contributed by atoms with Crippen LogP contribution in [0.5, 0.6) is 11.5 Å². The number of ether oxygens (including phenoxy) is 2. The first-order chi connectivity index (χ1) is 12.2. The largest absolute Gasteiger partial charge is 0.454 e. The summed E-state index contributed by atoms with van der Waals surface area (Å²) in [6, 6.07) is 8.80. The minimum absolute atomic E-state index is 0.0256. The van der Waals surface area contributed by atoms with E-state index in [0.29, 0.717) is 48.9 Å². The second-order valence-electron chi connectivity index (χ2n) is 6.09. The van der Waals surface area contributed by atoms with Gasteiger partial charge in [-0.15, -0.1) is 0 Å². The Kier molecular flexibility index (Phi) is 4.05. The molecule has 1 N–H and O–H groups in total. The summed E-state index contributed by atoms with van der Waals surface area (Å²) in [4.78, 5) is 31.7. The summed E-state index contributed by atoms with van der Waals surface area (Å²) >= 11 is 0. The van der Waals surface area contributed by atoms with E-state index in [1.54, 1.807) is 46.3 Å². The molecular weight excluding hydrogens is 322 g/mol. The number of rotatable bonds is 2. The van der Waals surface area contributed by atoms with Crippen LogP contribution in [0, 0.1) is 0 Å². The third-order valence-corrected chi connectivity index (χ3v) is 4.52. The fourth-order valence-electron chi connectivity index (χ4n) is 3.17. The van der Waals surface area contributed by atoms with Gasteiger partial charge < -0.3 is 24.3 Å². The number of aromatic amines is 1. The van der Waals surface area contributed by atoms with Crippen LogP contribution in [-0.2, 0) is 0 Å². The quantitative estimate of drug-likeness (QED) is 0.903. The first-order valence-corrected chi connectivity index (χ1v) is 8.34. The predicted molar refractivity (Wildman–Crippen MR) is 89.8 cm³/mol. The maximum Gasteiger partial charge on any atom is 0.270 e. The van der Waals surface area contributed by atoms with Crippen molar-refractivity contribution in [3.05, 3.63) is 47.8 Å². The fraction of sp³-hybridized carbons (Fsp3) is 0.333. The molecule has 0 saturated carbocycles. The zero-order valence-electron chi connectivity index (χ0n) is 13.7. The van der Waals surface area contributed by atoms with Crippen LogP contribution in [0.4, 0.5) is 0 Å². The number of amides is 2. The Morgan fingerprint density at radius 3 is 2.44 bits per heavy atom. The molecule has 0 spiro atoms. The standard InChI is InChI=1S/C18H19N3O4/c22-17(13-4-5-15-16(11-13)25-12-24-15)20-7-2-8-21(10-9-20)18(23)14-3-1-6-19-14/h1,3-6,11,19H,2,7-10,12H2. The predicted octanol–water partition coefficient (Wildman–Crippen LogP) is 1.73. The first kappa shape index (κ1) is 15.6. The molecule has 4 rings (SSSR count). The van der Waals surface area contributed by atoms with Crippen molar-refractivity contribution < 1.29 is 19.1 Å². The minimum Gasteiger partial charge on any atom is -0.454 e. The maximum atomic E-state index is 12.8. The number of aromatic nitrogens is 1. The van der Waals surface area contributed by atoms with E-state index in [-0.39, 0.29) is 18.6 Å². The molecule has 0 radical (unpaired) electrons. The summed E-state index contributed by atoms with van der Waals surface area (Å²) < 4.78 is 10.6. The van der Waals surface area contributed by atoms with Crippen LogP contribution in [-0.4, -0.2) is 59.6 Å². The van der Waals surface area contributed by atoms with Crippen LogP contribution in [0.15, 0.2) is 36.5 Å². The Morgan fingerprint density at radius 2 is 1.68 bits per heavy atom. The van der Waals surface area contributed by atoms with Gasteiger partial charge in [0.15, 0.2) is 11.5 Å². The van der Waals surface area contributed by atoms with E-state index in [1.165, 1.54) is 0 Å². The highest BCUT2D eigenvalue weighted by molar-refractivity contribution is 5.95. The molecule has 130 valence electrons. The highest BCUT2D eigenvalue weighted by Gasteiger charge is 2.25. The highest BCUT2D eigenvalue weighted by atomic mass is 16.7. The molecule has 1 saturated heterocycles. The average molecular weight is 341 g/mol. The van der Waals surface area contributed by atoms with Gasteiger partial charge in [-0.3, -0.25) is 9.59 Å². The molecule has 0 unspecified atom stereocenters. The summed E-state index contributed by atoms with van der Waals surface area (Å²) in [6.45, 7) is 2.49. The molecule has 7 heteroatoms. The zero-order valence-corrected chi connectivity index (χ0v) is 13.7. The van der Waals surface area contributed by atoms with Crippen molar-refractivity contribution in [1.29, 1.82) is 0 Å². The van der Waals surface area contributed by atoms with Crippen molar-refractivity contribution in [3.8, 4) is 11.5 Å². The van der Waals surface area contributed by atoms with Crippen molar-refractivity contribution in [3.63, 3.8) is 0 Å². The lowest BCUT2D eigenvalue weighted by atomic mass is 10.1. The van der Waals surface area contributed by atoms with Gasteiger partial charge in [0, 0.05) is 37.9 Å². The van der Waals surface area contributed by atoms with Gasteiger partial charge in [-0.05, 0) is 36.8 Å². The smallest absolute Gasteiger partial charge is 0.270 e. The Labute approximate surface area is 145 Å². The minimum atomic E-state index is -0.0486. The Balaban J connectivity index is 1.44. The van der Waals surface area contributed by atoms with Crippen molar-refractivity contribution in [2.75, 3.05) is 33.0 Å². The molecule has 7 nitrogen and oxygen atoms in total. The second-order valence-corrected chi connectivity index (χ2v) is 6.09. The van der Waals surface area contributed by atoms with E-state index in [2.05, 4.69) is 4.98 Å². The van der Waals surface area contributed by atoms with E-state index >= 15 is 0 Å². The molecule has 0 bridgehead atoms. The second kappa shape index (κ2) is 6.51. The van der Waals surface area contributed by atoms with Crippen LogP contribution < -0.4 is 9.47 Å². The van der Waals surface area contributed by atoms with Crippen LogP contribution in [0.2, 0.25) is 0 Å². The van der Waals surface area contributed by atoms with Crippen LogP contribution in [0.1, 0.15) is 27.3 Å². The van der Waals surface area contributed by atoms with Gasteiger partial charge in [0.25, 0.3) is 11.8 Å². The molecule has 0 atom stereocenters. The van der Waals surface area contributed by atoms with Gasteiger partial charge in [-0.1, -0.05) is 0 Å². The van der Waals surface area contributed by atoms with Gasteiger partial charge in [0.1, 0.15) is 5.69 Å². The Morgan fingerprint density at radius 1 is 0.920 bits per heavy atom. The number of hydrogen-bond donors (Lipinski definition) is 1. The van der Waals surface area contributed by atoms with E-state index in [9.17, 15) is 9.59 Å². The van der Waals surface area contributed by atoms with Crippen LogP contribution >= 0.6 is 0 Å². The van der Waals surface area contributed by atoms with Crippen LogP contribution in [0.25, 0.3) is 0 Å². The van der Waals surface area contributed by atoms with Gasteiger partial charge in [0.2, 0.25) is 6.79 Å². The van der Waals surface area contributed by atoms with Crippen LogP contribution in [0.3, 0.4) is 0 Å². The summed E-state index contributed by atoms with van der Waals surface area (Å²) in [6.07, 6.45) is 2.49. The third kappa shape index (κ3) is 3.05. The molecule has 1 aromatic carbocycles. The van der Waals surface area contributed by atoms with Crippen molar-refractivity contribution >= 4 is 11.8 Å². The monoisotopic (exact) mass is 341 g/mol. The number of fused-ring (bicyclic) bond motifs is 1. The average Bonchev–Trinajstić information content (AvgIpc) is 3.27. The number of hydrogen-bond acceptors (Lipinski definition) is 4. The molecular formula is C18H19N3O4. The summed E-state index contributed by atoms with van der Waals surface area (Å²) in [5, 5.41) is 0. The maximum absolute atomic E-state index is 12.8. The van der Waals surface area contributed by atoms with Crippen molar-refractivity contribution in [2.24, 2.45) is 0 Å². The molecule has 25 heavy (non-hydrogen) atoms. The Hall–Kier alpha value is -2.96. The number of carbonyl (C=O) groups is 2. The number of H-pyrrole nitrogens is 1. The lowest BCUT2D eigenvalue weighted by Gasteiger charge is -2.22. The highest BCUT2D eigenvalue weighted by Crippen LogP contribution is 2.32. The van der Waals surface area contributed by atoms with Crippen molar-refractivity contribution in [2.45, 2.75) is 6.42 Å². The lowest BCUT2D eigenvalue weighted by Crippen LogP contribution is -2.37. The fourth-order valence-corrected chi connectivity index (χ4v) is 3.17. The van der Waals surface area contributed by atoms with Crippen molar-refractivity contribution in [1.82, 2.24) is 14.8 Å². The normalized spacial score (nSPS) is 16.6. The number of carbonyl (C=O) groups excluding carboxylic acids is 2. The van der Waals surface area contributed by atoms with Gasteiger partial charge >= 0.3 is 0 Å². The van der Waals surface area contributed by atoms with E-state index < -0.39 is 0 Å².